The number of fused-ring (bicyclic) bond motifs is 1. The number of aromatic nitrogens is 2. The van der Waals surface area contributed by atoms with Crippen LogP contribution in [0.2, 0.25) is 0 Å². The van der Waals surface area contributed by atoms with E-state index in [1.165, 1.54) is 18.1 Å². The minimum Gasteiger partial charge on any atom is -0.324 e. The summed E-state index contributed by atoms with van der Waals surface area (Å²) < 4.78 is 2.25. The highest BCUT2D eigenvalue weighted by atomic mass is 15.1. The summed E-state index contributed by atoms with van der Waals surface area (Å²) in [5, 5.41) is 0. The molecule has 128 valence electrons. The summed E-state index contributed by atoms with van der Waals surface area (Å²) in [4.78, 5) is 7.32. The molecule has 0 atom stereocenters. The Morgan fingerprint density at radius 3 is 2.00 bits per heavy atom. The number of benzene rings is 2. The Labute approximate surface area is 146 Å². The van der Waals surface area contributed by atoms with Crippen molar-refractivity contribution in [3.63, 3.8) is 0 Å². The molecule has 1 aromatic heterocycles. The Morgan fingerprint density at radius 2 is 1.42 bits per heavy atom. The highest BCUT2D eigenvalue weighted by molar-refractivity contribution is 5.75. The van der Waals surface area contributed by atoms with E-state index in [0.29, 0.717) is 0 Å². The van der Waals surface area contributed by atoms with E-state index in [4.69, 9.17) is 6.57 Å². The Kier molecular flexibility index (Phi) is 11.5. The molecule has 0 saturated heterocycles. The van der Waals surface area contributed by atoms with Gasteiger partial charge < -0.3 is 9.41 Å². The second kappa shape index (κ2) is 12.9. The first kappa shape index (κ1) is 21.4. The maximum Gasteiger partial charge on any atom is 0.205 e. The van der Waals surface area contributed by atoms with Crippen LogP contribution in [-0.4, -0.2) is 16.6 Å². The number of hydrogen-bond acceptors (Lipinski definition) is 1. The molecule has 0 aliphatic rings. The molecule has 0 radical (unpaired) electrons. The van der Waals surface area contributed by atoms with Gasteiger partial charge >= 0.3 is 0 Å². The molecule has 3 heteroatoms. The lowest BCUT2D eigenvalue weighted by Crippen LogP contribution is -2.01. The first-order valence-electron chi connectivity index (χ1n) is 8.47. The van der Waals surface area contributed by atoms with Crippen molar-refractivity contribution in [1.29, 1.82) is 0 Å². The molecule has 3 aromatic rings. The highest BCUT2D eigenvalue weighted by Gasteiger charge is 2.06. The lowest BCUT2D eigenvalue weighted by molar-refractivity contribution is 0.786. The monoisotopic (exact) mass is 323 g/mol. The van der Waals surface area contributed by atoms with E-state index in [0.717, 1.165) is 17.9 Å². The third kappa shape index (κ3) is 6.26. The molecule has 3 nitrogen and oxygen atoms in total. The summed E-state index contributed by atoms with van der Waals surface area (Å²) >= 11 is 0. The fourth-order valence-electron chi connectivity index (χ4n) is 2.16. The minimum atomic E-state index is 0.882. The molecule has 0 saturated carbocycles. The van der Waals surface area contributed by atoms with Crippen LogP contribution in [0.15, 0.2) is 54.6 Å². The number of hydrogen-bond donors (Lipinski definition) is 0. The molecule has 0 aliphatic heterocycles. The molecule has 0 unspecified atom stereocenters. The Balaban J connectivity index is 0.000000667. The van der Waals surface area contributed by atoms with Crippen LogP contribution in [0.3, 0.4) is 0 Å². The number of nitrogens with zero attached hydrogens (tertiary/aromatic N) is 3. The largest absolute Gasteiger partial charge is 0.324 e. The van der Waals surface area contributed by atoms with Gasteiger partial charge in [0, 0.05) is 6.54 Å². The maximum atomic E-state index is 5.83. The predicted octanol–water partition coefficient (Wildman–Crippen LogP) is 5.98. The third-order valence-corrected chi connectivity index (χ3v) is 3.03. The molecule has 2 aromatic carbocycles. The van der Waals surface area contributed by atoms with Crippen LogP contribution in [0.4, 0.5) is 0 Å². The van der Waals surface area contributed by atoms with Gasteiger partial charge in [-0.15, -0.1) is 0 Å². The Hall–Kier alpha value is -2.60. The summed E-state index contributed by atoms with van der Waals surface area (Å²) in [6.07, 6.45) is 0. The standard InChI is InChI=1S/C15H14N2.C2H3N.2C2H6/c1-12-16-14-9-5-6-10-15(14)17(12)11-13-7-3-2-4-8-13;1-3-2;2*1-2/h2-10H,11H2,1H3;1H3;2*1-2H3. The van der Waals surface area contributed by atoms with E-state index in [1.807, 2.05) is 39.8 Å². The van der Waals surface area contributed by atoms with Crippen LogP contribution in [0, 0.1) is 13.5 Å². The lowest BCUT2D eigenvalue weighted by Gasteiger charge is -2.06. The van der Waals surface area contributed by atoms with Gasteiger partial charge in [0.15, 0.2) is 0 Å². The van der Waals surface area contributed by atoms with Gasteiger partial charge in [0.1, 0.15) is 5.82 Å². The zero-order valence-electron chi connectivity index (χ0n) is 15.7. The van der Waals surface area contributed by atoms with Crippen molar-refractivity contribution in [2.24, 2.45) is 0 Å². The van der Waals surface area contributed by atoms with E-state index in [-0.39, 0.29) is 0 Å². The fourth-order valence-corrected chi connectivity index (χ4v) is 2.16. The van der Waals surface area contributed by atoms with Gasteiger partial charge in [-0.25, -0.2) is 11.6 Å². The first-order valence-corrected chi connectivity index (χ1v) is 8.47. The van der Waals surface area contributed by atoms with E-state index in [9.17, 15) is 0 Å². The van der Waals surface area contributed by atoms with Crippen LogP contribution < -0.4 is 0 Å². The zero-order chi connectivity index (χ0) is 18.4. The summed E-state index contributed by atoms with van der Waals surface area (Å²) in [5.41, 5.74) is 3.58. The third-order valence-electron chi connectivity index (χ3n) is 3.03. The van der Waals surface area contributed by atoms with Crippen molar-refractivity contribution in [2.75, 3.05) is 7.05 Å². The molecule has 0 N–H and O–H groups in total. The highest BCUT2D eigenvalue weighted by Crippen LogP contribution is 2.17. The topological polar surface area (TPSA) is 22.2 Å². The van der Waals surface area contributed by atoms with Crippen molar-refractivity contribution in [3.05, 3.63) is 77.4 Å². The van der Waals surface area contributed by atoms with Crippen LogP contribution in [-0.2, 0) is 6.54 Å². The molecule has 1 heterocycles. The van der Waals surface area contributed by atoms with Crippen molar-refractivity contribution in [3.8, 4) is 0 Å². The average Bonchev–Trinajstić information content (AvgIpc) is 2.96. The van der Waals surface area contributed by atoms with Gasteiger partial charge in [-0.2, -0.15) is 0 Å². The van der Waals surface area contributed by atoms with Gasteiger partial charge in [-0.1, -0.05) is 70.2 Å². The van der Waals surface area contributed by atoms with E-state index in [1.54, 1.807) is 0 Å². The second-order valence-electron chi connectivity index (χ2n) is 4.44. The van der Waals surface area contributed by atoms with Gasteiger partial charge in [0.2, 0.25) is 7.05 Å². The summed E-state index contributed by atoms with van der Waals surface area (Å²) in [5.74, 6) is 1.06. The van der Waals surface area contributed by atoms with Gasteiger partial charge in [0.25, 0.3) is 0 Å². The van der Waals surface area contributed by atoms with Crippen molar-refractivity contribution >= 4 is 11.0 Å². The van der Waals surface area contributed by atoms with E-state index in [2.05, 4.69) is 63.8 Å². The quantitative estimate of drug-likeness (QED) is 0.532. The number of para-hydroxylation sites is 2. The Bertz CT molecular complexity index is 722. The van der Waals surface area contributed by atoms with Crippen LogP contribution in [0.1, 0.15) is 39.1 Å². The molecule has 0 amide bonds. The van der Waals surface area contributed by atoms with Crippen molar-refractivity contribution < 1.29 is 0 Å². The second-order valence-corrected chi connectivity index (χ2v) is 4.44. The molecule has 0 spiro atoms. The predicted molar refractivity (Wildman–Crippen MR) is 105 cm³/mol. The first-order chi connectivity index (χ1) is 11.8. The summed E-state index contributed by atoms with van der Waals surface area (Å²) in [7, 11) is 1.42. The van der Waals surface area contributed by atoms with Crippen molar-refractivity contribution in [1.82, 2.24) is 9.55 Å². The molecule has 0 fully saturated rings. The number of aryl methyl sites for hydroxylation is 1. The normalized spacial score (nSPS) is 8.54. The van der Waals surface area contributed by atoms with Gasteiger partial charge in [-0.05, 0) is 24.6 Å². The smallest absolute Gasteiger partial charge is 0.205 e. The van der Waals surface area contributed by atoms with E-state index < -0.39 is 0 Å². The molecule has 3 rings (SSSR count). The summed E-state index contributed by atoms with van der Waals surface area (Å²) in [6, 6.07) is 18.8. The molecule has 0 aliphatic carbocycles. The molecule has 24 heavy (non-hydrogen) atoms. The number of imidazole rings is 1. The summed E-state index contributed by atoms with van der Waals surface area (Å²) in [6.45, 7) is 16.8. The lowest BCUT2D eigenvalue weighted by atomic mass is 10.2. The van der Waals surface area contributed by atoms with Crippen LogP contribution in [0.5, 0.6) is 0 Å². The molecule has 0 bridgehead atoms. The van der Waals surface area contributed by atoms with Crippen molar-refractivity contribution in [2.45, 2.75) is 41.2 Å². The fraction of sp³-hybridized carbons (Fsp3) is 0.333. The molecular formula is C21H29N3. The SMILES string of the molecule is CC.CC.Cc1nc2ccccc2n1Cc1ccccc1.[C-]#[N+]C. The average molecular weight is 323 g/mol. The Morgan fingerprint density at radius 1 is 0.917 bits per heavy atom. The molecular weight excluding hydrogens is 294 g/mol. The maximum absolute atomic E-state index is 5.83. The van der Waals surface area contributed by atoms with Gasteiger partial charge in [0.05, 0.1) is 11.0 Å². The van der Waals surface area contributed by atoms with Crippen LogP contribution in [0.25, 0.3) is 15.9 Å². The van der Waals surface area contributed by atoms with E-state index >= 15 is 0 Å². The number of rotatable bonds is 2. The zero-order valence-corrected chi connectivity index (χ0v) is 15.7. The van der Waals surface area contributed by atoms with Gasteiger partial charge in [-0.3, -0.25) is 0 Å². The minimum absolute atomic E-state index is 0.882. The van der Waals surface area contributed by atoms with Crippen LogP contribution >= 0.6 is 0 Å².